The summed E-state index contributed by atoms with van der Waals surface area (Å²) in [4.78, 5) is 14.3. The van der Waals surface area contributed by atoms with Gasteiger partial charge in [0, 0.05) is 17.6 Å². The first-order valence-corrected chi connectivity index (χ1v) is 9.38. The van der Waals surface area contributed by atoms with E-state index < -0.39 is 15.9 Å². The SMILES string of the molecule is O=C(N[C@@H](NC(=S)N1CCOCC1)C(Cl)(Cl)Cl)c1ccccc1Br. The van der Waals surface area contributed by atoms with Gasteiger partial charge in [-0.3, -0.25) is 4.79 Å². The molecule has 5 nitrogen and oxygen atoms in total. The van der Waals surface area contributed by atoms with E-state index in [0.29, 0.717) is 41.5 Å². The van der Waals surface area contributed by atoms with E-state index in [1.54, 1.807) is 24.3 Å². The van der Waals surface area contributed by atoms with Crippen LogP contribution in [0.5, 0.6) is 0 Å². The molecule has 2 rings (SSSR count). The second-order valence-corrected chi connectivity index (χ2v) is 8.59. The molecule has 1 aromatic rings. The highest BCUT2D eigenvalue weighted by Gasteiger charge is 2.35. The van der Waals surface area contributed by atoms with Gasteiger partial charge >= 0.3 is 0 Å². The maximum absolute atomic E-state index is 12.4. The van der Waals surface area contributed by atoms with Crippen LogP contribution in [0.3, 0.4) is 0 Å². The Bertz CT molecular complexity index is 609. The highest BCUT2D eigenvalue weighted by Crippen LogP contribution is 2.29. The van der Waals surface area contributed by atoms with Gasteiger partial charge in [-0.1, -0.05) is 46.9 Å². The number of carbonyl (C=O) groups is 1. The predicted octanol–water partition coefficient (Wildman–Crippen LogP) is 3.08. The lowest BCUT2D eigenvalue weighted by atomic mass is 10.2. The first kappa shape index (κ1) is 20.0. The molecule has 0 bridgehead atoms. The first-order chi connectivity index (χ1) is 11.3. The van der Waals surface area contributed by atoms with E-state index in [1.807, 2.05) is 4.90 Å². The number of hydrogen-bond donors (Lipinski definition) is 2. The minimum atomic E-state index is -1.78. The molecular weight excluding hydrogens is 461 g/mol. The number of morpholine rings is 1. The Labute approximate surface area is 169 Å². The van der Waals surface area contributed by atoms with Gasteiger partial charge in [-0.15, -0.1) is 0 Å². The largest absolute Gasteiger partial charge is 0.378 e. The maximum atomic E-state index is 12.4. The summed E-state index contributed by atoms with van der Waals surface area (Å²) in [5, 5.41) is 5.96. The molecule has 1 saturated heterocycles. The van der Waals surface area contributed by atoms with Gasteiger partial charge in [-0.25, -0.2) is 0 Å². The molecule has 24 heavy (non-hydrogen) atoms. The maximum Gasteiger partial charge on any atom is 0.254 e. The third-order valence-corrected chi connectivity index (χ3v) is 5.01. The second kappa shape index (κ2) is 8.87. The third-order valence-electron chi connectivity index (χ3n) is 3.29. The van der Waals surface area contributed by atoms with Crippen molar-refractivity contribution in [1.82, 2.24) is 15.5 Å². The normalized spacial score (nSPS) is 16.4. The average molecular weight is 476 g/mol. The fourth-order valence-electron chi connectivity index (χ4n) is 2.04. The van der Waals surface area contributed by atoms with Crippen LogP contribution in [0.2, 0.25) is 0 Å². The van der Waals surface area contributed by atoms with E-state index in [0.717, 1.165) is 0 Å². The number of alkyl halides is 3. The van der Waals surface area contributed by atoms with E-state index in [2.05, 4.69) is 26.6 Å². The summed E-state index contributed by atoms with van der Waals surface area (Å²) in [6.07, 6.45) is -0.988. The Morgan fingerprint density at radius 2 is 1.88 bits per heavy atom. The number of nitrogens with one attached hydrogen (secondary N) is 2. The molecule has 0 unspecified atom stereocenters. The minimum absolute atomic E-state index is 0.391. The van der Waals surface area contributed by atoms with Crippen molar-refractivity contribution in [2.24, 2.45) is 0 Å². The number of rotatable bonds is 3. The zero-order valence-corrected chi connectivity index (χ0v) is 17.1. The molecule has 2 N–H and O–H groups in total. The topological polar surface area (TPSA) is 53.6 Å². The van der Waals surface area contributed by atoms with Crippen molar-refractivity contribution in [3.63, 3.8) is 0 Å². The van der Waals surface area contributed by atoms with Crippen LogP contribution >= 0.6 is 63.0 Å². The average Bonchev–Trinajstić information content (AvgIpc) is 2.54. The molecule has 1 aromatic carbocycles. The fraction of sp³-hybridized carbons (Fsp3) is 0.429. The molecule has 1 heterocycles. The monoisotopic (exact) mass is 473 g/mol. The van der Waals surface area contributed by atoms with Gasteiger partial charge < -0.3 is 20.3 Å². The van der Waals surface area contributed by atoms with E-state index in [9.17, 15) is 4.79 Å². The van der Waals surface area contributed by atoms with Crippen molar-refractivity contribution in [2.75, 3.05) is 26.3 Å². The number of nitrogens with zero attached hydrogens (tertiary/aromatic N) is 1. The molecule has 10 heteroatoms. The summed E-state index contributed by atoms with van der Waals surface area (Å²) in [7, 11) is 0. The van der Waals surface area contributed by atoms with Crippen LogP contribution in [0, 0.1) is 0 Å². The van der Waals surface area contributed by atoms with Crippen LogP contribution < -0.4 is 10.6 Å². The summed E-state index contributed by atoms with van der Waals surface area (Å²) in [6.45, 7) is 2.42. The molecule has 0 aliphatic carbocycles. The van der Waals surface area contributed by atoms with Crippen molar-refractivity contribution in [3.05, 3.63) is 34.3 Å². The third kappa shape index (κ3) is 5.61. The smallest absolute Gasteiger partial charge is 0.254 e. The van der Waals surface area contributed by atoms with Gasteiger partial charge in [-0.05, 0) is 40.3 Å². The second-order valence-electron chi connectivity index (χ2n) is 4.98. The molecular formula is C14H15BrCl3N3O2S. The molecule has 0 radical (unpaired) electrons. The lowest BCUT2D eigenvalue weighted by molar-refractivity contribution is 0.0671. The van der Waals surface area contributed by atoms with Crippen LogP contribution in [-0.4, -0.2) is 52.2 Å². The summed E-state index contributed by atoms with van der Waals surface area (Å²) in [6, 6.07) is 6.97. The Hall–Kier alpha value is -0.310. The van der Waals surface area contributed by atoms with Crippen LogP contribution in [-0.2, 0) is 4.74 Å². The van der Waals surface area contributed by atoms with Crippen LogP contribution in [0.15, 0.2) is 28.7 Å². The van der Waals surface area contributed by atoms with Crippen molar-refractivity contribution in [2.45, 2.75) is 9.96 Å². The zero-order valence-electron chi connectivity index (χ0n) is 12.4. The Morgan fingerprint density at radius 3 is 2.46 bits per heavy atom. The van der Waals surface area contributed by atoms with Crippen molar-refractivity contribution in [1.29, 1.82) is 0 Å². The number of benzene rings is 1. The molecule has 1 fully saturated rings. The molecule has 1 atom stereocenters. The summed E-state index contributed by atoms with van der Waals surface area (Å²) in [5.74, 6) is -0.393. The Morgan fingerprint density at radius 1 is 1.25 bits per heavy atom. The van der Waals surface area contributed by atoms with Gasteiger partial charge in [0.05, 0.1) is 18.8 Å². The van der Waals surface area contributed by atoms with Gasteiger partial charge in [0.15, 0.2) is 5.11 Å². The van der Waals surface area contributed by atoms with Crippen molar-refractivity contribution in [3.8, 4) is 0 Å². The van der Waals surface area contributed by atoms with Crippen molar-refractivity contribution >= 4 is 74.0 Å². The van der Waals surface area contributed by atoms with E-state index >= 15 is 0 Å². The van der Waals surface area contributed by atoms with Crippen LogP contribution in [0.4, 0.5) is 0 Å². The van der Waals surface area contributed by atoms with E-state index in [4.69, 9.17) is 51.8 Å². The van der Waals surface area contributed by atoms with Gasteiger partial charge in [-0.2, -0.15) is 0 Å². The first-order valence-electron chi connectivity index (χ1n) is 7.04. The molecule has 1 amide bonds. The zero-order chi connectivity index (χ0) is 17.7. The number of ether oxygens (including phenoxy) is 1. The minimum Gasteiger partial charge on any atom is -0.378 e. The van der Waals surface area contributed by atoms with Crippen LogP contribution in [0.1, 0.15) is 10.4 Å². The van der Waals surface area contributed by atoms with Gasteiger partial charge in [0.2, 0.25) is 3.79 Å². The van der Waals surface area contributed by atoms with Gasteiger partial charge in [0.25, 0.3) is 5.91 Å². The Balaban J connectivity index is 2.07. The standard InChI is InChI=1S/C14H15BrCl3N3O2S/c15-10-4-2-1-3-9(10)11(22)19-12(14(16,17)18)20-13(24)21-5-7-23-8-6-21/h1-4,12H,5-8H2,(H,19,22)(H,20,24)/t12-/m0/s1. The predicted molar refractivity (Wildman–Crippen MR) is 104 cm³/mol. The number of hydrogen-bond acceptors (Lipinski definition) is 3. The summed E-state index contributed by atoms with van der Waals surface area (Å²) < 4.78 is 4.13. The Kier molecular flexibility index (Phi) is 7.39. The molecule has 0 spiro atoms. The van der Waals surface area contributed by atoms with Crippen LogP contribution in [0.25, 0.3) is 0 Å². The summed E-state index contributed by atoms with van der Waals surface area (Å²) >= 11 is 26.6. The quantitative estimate of drug-likeness (QED) is 0.400. The van der Waals surface area contributed by atoms with Gasteiger partial charge in [0.1, 0.15) is 6.17 Å². The molecule has 0 aromatic heterocycles. The fourth-order valence-corrected chi connectivity index (χ4v) is 3.13. The number of carbonyl (C=O) groups excluding carboxylic acids is 1. The molecule has 0 saturated carbocycles. The number of halogens is 4. The summed E-state index contributed by atoms with van der Waals surface area (Å²) in [5.41, 5.74) is 0.427. The lowest BCUT2D eigenvalue weighted by Gasteiger charge is -2.34. The van der Waals surface area contributed by atoms with Crippen molar-refractivity contribution < 1.29 is 9.53 Å². The molecule has 1 aliphatic rings. The van der Waals surface area contributed by atoms with E-state index in [-0.39, 0.29) is 0 Å². The number of amides is 1. The highest BCUT2D eigenvalue weighted by atomic mass is 79.9. The molecule has 132 valence electrons. The van der Waals surface area contributed by atoms with E-state index in [1.165, 1.54) is 0 Å². The molecule has 1 aliphatic heterocycles. The number of thiocarbonyl (C=S) groups is 1. The highest BCUT2D eigenvalue weighted by molar-refractivity contribution is 9.10. The lowest BCUT2D eigenvalue weighted by Crippen LogP contribution is -2.59.